The Kier molecular flexibility index (Phi) is 4.85. The van der Waals surface area contributed by atoms with E-state index in [0.29, 0.717) is 0 Å². The highest BCUT2D eigenvalue weighted by Gasteiger charge is 2.26. The van der Waals surface area contributed by atoms with Crippen LogP contribution in [0.4, 0.5) is 0 Å². The summed E-state index contributed by atoms with van der Waals surface area (Å²) in [6.45, 7) is 4.58. The van der Waals surface area contributed by atoms with Gasteiger partial charge in [-0.15, -0.1) is 0 Å². The van der Waals surface area contributed by atoms with Crippen molar-refractivity contribution >= 4 is 0 Å². The Hall–Kier alpha value is -2.03. The number of nitrogens with two attached hydrogens (primary N) is 1. The number of benzene rings is 1. The standard InChI is InChI=1S/C18H25N5/c1-21-10-8-18(22-9-4-7-17(20)13-22)23(14-21)12-16-6-3-2-5-15(16)11-19/h2-3,5-6,8,17H,4,7,9-10,12-14,20H2,1H3/t17-/m1/s1. The predicted molar refractivity (Wildman–Crippen MR) is 91.1 cm³/mol. The highest BCUT2D eigenvalue weighted by atomic mass is 15.4. The number of hydrogen-bond donors (Lipinski definition) is 1. The molecular formula is C18H25N5. The van der Waals surface area contributed by atoms with E-state index >= 15 is 0 Å². The zero-order valence-electron chi connectivity index (χ0n) is 13.8. The Bertz CT molecular complexity index is 618. The molecule has 0 amide bonds. The minimum absolute atomic E-state index is 0.262. The van der Waals surface area contributed by atoms with Gasteiger partial charge in [0.1, 0.15) is 5.82 Å². The molecule has 5 nitrogen and oxygen atoms in total. The highest BCUT2D eigenvalue weighted by molar-refractivity contribution is 5.37. The van der Waals surface area contributed by atoms with Crippen molar-refractivity contribution in [3.63, 3.8) is 0 Å². The van der Waals surface area contributed by atoms with Gasteiger partial charge in [-0.3, -0.25) is 4.90 Å². The van der Waals surface area contributed by atoms with Crippen molar-refractivity contribution in [1.29, 1.82) is 5.26 Å². The third kappa shape index (κ3) is 3.66. The van der Waals surface area contributed by atoms with Crippen LogP contribution in [0, 0.1) is 11.3 Å². The van der Waals surface area contributed by atoms with Crippen LogP contribution in [-0.2, 0) is 6.54 Å². The number of nitrogens with zero attached hydrogens (tertiary/aromatic N) is 4. The van der Waals surface area contributed by atoms with Crippen LogP contribution >= 0.6 is 0 Å². The van der Waals surface area contributed by atoms with E-state index < -0.39 is 0 Å². The molecule has 5 heteroatoms. The topological polar surface area (TPSA) is 59.5 Å². The Balaban J connectivity index is 1.81. The van der Waals surface area contributed by atoms with Crippen LogP contribution in [0.2, 0.25) is 0 Å². The summed E-state index contributed by atoms with van der Waals surface area (Å²) < 4.78 is 0. The molecule has 2 heterocycles. The van der Waals surface area contributed by atoms with Crippen molar-refractivity contribution in [2.75, 3.05) is 33.4 Å². The van der Waals surface area contributed by atoms with Gasteiger partial charge in [0.15, 0.2) is 0 Å². The van der Waals surface area contributed by atoms with E-state index in [1.807, 2.05) is 24.3 Å². The maximum absolute atomic E-state index is 9.33. The molecule has 1 aromatic rings. The van der Waals surface area contributed by atoms with Gasteiger partial charge in [0.2, 0.25) is 0 Å². The van der Waals surface area contributed by atoms with E-state index in [4.69, 9.17) is 5.73 Å². The summed E-state index contributed by atoms with van der Waals surface area (Å²) in [5.74, 6) is 1.27. The molecule has 1 fully saturated rings. The average Bonchev–Trinajstić information content (AvgIpc) is 2.55. The summed E-state index contributed by atoms with van der Waals surface area (Å²) in [5.41, 5.74) is 8.00. The van der Waals surface area contributed by atoms with Crippen molar-refractivity contribution in [2.24, 2.45) is 5.73 Å². The molecule has 1 saturated heterocycles. The van der Waals surface area contributed by atoms with E-state index in [0.717, 1.165) is 56.8 Å². The van der Waals surface area contributed by atoms with E-state index in [1.54, 1.807) is 0 Å². The van der Waals surface area contributed by atoms with Crippen LogP contribution in [-0.4, -0.2) is 54.1 Å². The molecule has 2 aliphatic heterocycles. The molecule has 3 rings (SSSR count). The maximum Gasteiger partial charge on any atom is 0.102 e. The second-order valence-electron chi connectivity index (χ2n) is 6.56. The molecule has 23 heavy (non-hydrogen) atoms. The van der Waals surface area contributed by atoms with E-state index in [9.17, 15) is 5.26 Å². The molecule has 2 N–H and O–H groups in total. The maximum atomic E-state index is 9.33. The van der Waals surface area contributed by atoms with Gasteiger partial charge in [-0.2, -0.15) is 5.26 Å². The molecule has 1 aromatic carbocycles. The van der Waals surface area contributed by atoms with Gasteiger partial charge in [-0.05, 0) is 37.6 Å². The van der Waals surface area contributed by atoms with Gasteiger partial charge in [0.05, 0.1) is 18.3 Å². The van der Waals surface area contributed by atoms with Crippen LogP contribution < -0.4 is 5.73 Å². The molecule has 0 saturated carbocycles. The molecule has 0 radical (unpaired) electrons. The fourth-order valence-electron chi connectivity index (χ4n) is 3.44. The Morgan fingerprint density at radius 2 is 2.17 bits per heavy atom. The first kappa shape index (κ1) is 15.9. The molecule has 0 bridgehead atoms. The lowest BCUT2D eigenvalue weighted by Gasteiger charge is -2.43. The first-order valence-corrected chi connectivity index (χ1v) is 8.29. The van der Waals surface area contributed by atoms with Crippen LogP contribution in [0.3, 0.4) is 0 Å². The third-order valence-corrected chi connectivity index (χ3v) is 4.60. The number of likely N-dealkylation sites (N-methyl/N-ethyl adjacent to an activating group) is 1. The molecule has 0 unspecified atom stereocenters. The SMILES string of the molecule is CN1CC=C(N2CCC[C@@H](N)C2)N(Cc2ccccc2C#N)C1. The monoisotopic (exact) mass is 311 g/mol. The Morgan fingerprint density at radius 3 is 2.96 bits per heavy atom. The summed E-state index contributed by atoms with van der Waals surface area (Å²) in [4.78, 5) is 7.05. The quantitative estimate of drug-likeness (QED) is 0.917. The lowest BCUT2D eigenvalue weighted by Crippen LogP contribution is -2.50. The van der Waals surface area contributed by atoms with Gasteiger partial charge in [-0.25, -0.2) is 0 Å². The van der Waals surface area contributed by atoms with Gasteiger partial charge in [0.25, 0.3) is 0 Å². The summed E-state index contributed by atoms with van der Waals surface area (Å²) in [7, 11) is 2.12. The average molecular weight is 311 g/mol. The van der Waals surface area contributed by atoms with Gasteiger partial charge >= 0.3 is 0 Å². The second-order valence-corrected chi connectivity index (χ2v) is 6.56. The molecule has 1 atom stereocenters. The van der Waals surface area contributed by atoms with Crippen molar-refractivity contribution in [3.8, 4) is 6.07 Å². The first-order valence-electron chi connectivity index (χ1n) is 8.29. The zero-order chi connectivity index (χ0) is 16.2. The molecule has 0 spiro atoms. The van der Waals surface area contributed by atoms with Gasteiger partial charge < -0.3 is 15.5 Å². The highest BCUT2D eigenvalue weighted by Crippen LogP contribution is 2.23. The van der Waals surface area contributed by atoms with Crippen molar-refractivity contribution in [3.05, 3.63) is 47.3 Å². The van der Waals surface area contributed by atoms with Crippen molar-refractivity contribution < 1.29 is 0 Å². The number of likely N-dealkylation sites (tertiary alicyclic amines) is 1. The minimum Gasteiger partial charge on any atom is -0.357 e. The Morgan fingerprint density at radius 1 is 1.35 bits per heavy atom. The fraction of sp³-hybridized carbons (Fsp3) is 0.500. The first-order chi connectivity index (χ1) is 11.2. The summed E-state index contributed by atoms with van der Waals surface area (Å²) in [6.07, 6.45) is 4.55. The number of piperidine rings is 1. The smallest absolute Gasteiger partial charge is 0.102 e. The van der Waals surface area contributed by atoms with Crippen molar-refractivity contribution in [1.82, 2.24) is 14.7 Å². The lowest BCUT2D eigenvalue weighted by molar-refractivity contribution is 0.104. The summed E-state index contributed by atoms with van der Waals surface area (Å²) in [6, 6.07) is 10.4. The molecule has 0 aromatic heterocycles. The molecule has 2 aliphatic rings. The zero-order valence-corrected chi connectivity index (χ0v) is 13.8. The van der Waals surface area contributed by atoms with Crippen LogP contribution in [0.15, 0.2) is 36.2 Å². The van der Waals surface area contributed by atoms with Crippen LogP contribution in [0.25, 0.3) is 0 Å². The van der Waals surface area contributed by atoms with Gasteiger partial charge in [0, 0.05) is 32.2 Å². The number of hydrogen-bond acceptors (Lipinski definition) is 5. The third-order valence-electron chi connectivity index (χ3n) is 4.60. The molecular weight excluding hydrogens is 286 g/mol. The summed E-state index contributed by atoms with van der Waals surface area (Å²) in [5, 5.41) is 9.33. The number of rotatable bonds is 3. The lowest BCUT2D eigenvalue weighted by atomic mass is 10.1. The minimum atomic E-state index is 0.262. The fourth-order valence-corrected chi connectivity index (χ4v) is 3.44. The van der Waals surface area contributed by atoms with E-state index in [1.165, 1.54) is 5.82 Å². The largest absolute Gasteiger partial charge is 0.357 e. The molecule has 0 aliphatic carbocycles. The summed E-state index contributed by atoms with van der Waals surface area (Å²) >= 11 is 0. The van der Waals surface area contributed by atoms with Gasteiger partial charge in [-0.1, -0.05) is 18.2 Å². The normalized spacial score (nSPS) is 22.7. The Labute approximate surface area is 138 Å². The van der Waals surface area contributed by atoms with E-state index in [2.05, 4.69) is 33.9 Å². The molecule has 122 valence electrons. The second kappa shape index (κ2) is 7.03. The van der Waals surface area contributed by atoms with E-state index in [-0.39, 0.29) is 6.04 Å². The van der Waals surface area contributed by atoms with Crippen LogP contribution in [0.5, 0.6) is 0 Å². The van der Waals surface area contributed by atoms with Crippen LogP contribution in [0.1, 0.15) is 24.0 Å². The van der Waals surface area contributed by atoms with Crippen molar-refractivity contribution in [2.45, 2.75) is 25.4 Å². The number of nitriles is 1. The predicted octanol–water partition coefficient (Wildman–Crippen LogP) is 1.53.